The van der Waals surface area contributed by atoms with Crippen LogP contribution in [0.1, 0.15) is 53.9 Å². The number of thioether (sulfide) groups is 1. The van der Waals surface area contributed by atoms with Crippen molar-refractivity contribution < 1.29 is 0 Å². The molecule has 20 heavy (non-hydrogen) atoms. The van der Waals surface area contributed by atoms with E-state index in [1.54, 1.807) is 0 Å². The van der Waals surface area contributed by atoms with Crippen LogP contribution in [0.3, 0.4) is 0 Å². The largest absolute Gasteiger partial charge is 0.347 e. The van der Waals surface area contributed by atoms with Gasteiger partial charge in [-0.3, -0.25) is 0 Å². The summed E-state index contributed by atoms with van der Waals surface area (Å²) in [6.07, 6.45) is 3.88. The van der Waals surface area contributed by atoms with Crippen LogP contribution in [0.25, 0.3) is 0 Å². The molecule has 4 heteroatoms. The van der Waals surface area contributed by atoms with Crippen molar-refractivity contribution in [3.8, 4) is 0 Å². The van der Waals surface area contributed by atoms with E-state index in [2.05, 4.69) is 44.4 Å². The minimum Gasteiger partial charge on any atom is -0.347 e. The van der Waals surface area contributed by atoms with Crippen molar-refractivity contribution in [3.05, 3.63) is 0 Å². The highest BCUT2D eigenvalue weighted by molar-refractivity contribution is 7.99. The lowest BCUT2D eigenvalue weighted by molar-refractivity contribution is 0.345. The first-order chi connectivity index (χ1) is 9.35. The summed E-state index contributed by atoms with van der Waals surface area (Å²) >= 11 is 7.66. The molecule has 0 spiro atoms. The van der Waals surface area contributed by atoms with Gasteiger partial charge in [0.25, 0.3) is 0 Å². The summed E-state index contributed by atoms with van der Waals surface area (Å²) in [5.41, 5.74) is 0.462. The third kappa shape index (κ3) is 6.21. The molecule has 0 aliphatic carbocycles. The second kappa shape index (κ2) is 8.47. The molecule has 1 aliphatic heterocycles. The van der Waals surface area contributed by atoms with Gasteiger partial charge in [-0.25, -0.2) is 0 Å². The number of hydrogen-bond donors (Lipinski definition) is 0. The zero-order valence-electron chi connectivity index (χ0n) is 13.9. The highest BCUT2D eigenvalue weighted by Crippen LogP contribution is 2.22. The lowest BCUT2D eigenvalue weighted by atomic mass is 9.90. The van der Waals surface area contributed by atoms with Crippen LogP contribution in [0.15, 0.2) is 0 Å². The SMILES string of the molecule is CCSCC(C)N1CCN(CCCCC(C)(C)C)C1=S. The molecule has 0 aromatic carbocycles. The van der Waals surface area contributed by atoms with Crippen LogP contribution in [0.4, 0.5) is 0 Å². The van der Waals surface area contributed by atoms with Gasteiger partial charge in [0.2, 0.25) is 0 Å². The topological polar surface area (TPSA) is 6.48 Å². The molecule has 0 radical (unpaired) electrons. The molecule has 0 aromatic heterocycles. The van der Waals surface area contributed by atoms with Gasteiger partial charge in [-0.15, -0.1) is 0 Å². The van der Waals surface area contributed by atoms with Gasteiger partial charge in [-0.1, -0.05) is 34.1 Å². The van der Waals surface area contributed by atoms with Crippen LogP contribution in [0, 0.1) is 5.41 Å². The molecule has 118 valence electrons. The van der Waals surface area contributed by atoms with Gasteiger partial charge in [0.05, 0.1) is 0 Å². The molecule has 0 aromatic rings. The summed E-state index contributed by atoms with van der Waals surface area (Å²) in [7, 11) is 0. The van der Waals surface area contributed by atoms with Crippen LogP contribution in [-0.2, 0) is 0 Å². The fourth-order valence-corrected chi connectivity index (χ4v) is 3.76. The Morgan fingerprint density at radius 1 is 1.25 bits per heavy atom. The molecule has 0 bridgehead atoms. The van der Waals surface area contributed by atoms with E-state index >= 15 is 0 Å². The van der Waals surface area contributed by atoms with Gasteiger partial charge in [0.1, 0.15) is 0 Å². The normalized spacial score (nSPS) is 17.9. The Kier molecular flexibility index (Phi) is 7.67. The summed E-state index contributed by atoms with van der Waals surface area (Å²) in [5.74, 6) is 2.38. The molecular weight excluding hydrogens is 284 g/mol. The average molecular weight is 317 g/mol. The second-order valence-corrected chi connectivity index (χ2v) is 8.67. The van der Waals surface area contributed by atoms with Gasteiger partial charge in [0.15, 0.2) is 5.11 Å². The minimum atomic E-state index is 0.462. The van der Waals surface area contributed by atoms with Crippen molar-refractivity contribution in [2.45, 2.75) is 59.9 Å². The fraction of sp³-hybridized carbons (Fsp3) is 0.938. The maximum atomic E-state index is 5.65. The Hall–Kier alpha value is 0.0400. The van der Waals surface area contributed by atoms with Gasteiger partial charge in [0, 0.05) is 31.4 Å². The highest BCUT2D eigenvalue weighted by atomic mass is 32.2. The Morgan fingerprint density at radius 2 is 1.95 bits per heavy atom. The van der Waals surface area contributed by atoms with E-state index in [0.717, 1.165) is 24.7 Å². The first-order valence-electron chi connectivity index (χ1n) is 7.98. The van der Waals surface area contributed by atoms with Crippen LogP contribution in [0.2, 0.25) is 0 Å². The van der Waals surface area contributed by atoms with E-state index in [-0.39, 0.29) is 0 Å². The van der Waals surface area contributed by atoms with Crippen LogP contribution in [0.5, 0.6) is 0 Å². The summed E-state index contributed by atoms with van der Waals surface area (Å²) in [6.45, 7) is 14.9. The Morgan fingerprint density at radius 3 is 2.55 bits per heavy atom. The van der Waals surface area contributed by atoms with Crippen LogP contribution >= 0.6 is 24.0 Å². The van der Waals surface area contributed by atoms with E-state index in [0.29, 0.717) is 11.5 Å². The summed E-state index contributed by atoms with van der Waals surface area (Å²) in [5, 5.41) is 1.09. The predicted octanol–water partition coefficient (Wildman–Crippen LogP) is 4.25. The average Bonchev–Trinajstić information content (AvgIpc) is 2.72. The van der Waals surface area contributed by atoms with Crippen molar-refractivity contribution in [1.29, 1.82) is 0 Å². The fourth-order valence-electron chi connectivity index (χ4n) is 2.55. The molecule has 1 heterocycles. The smallest absolute Gasteiger partial charge is 0.171 e. The van der Waals surface area contributed by atoms with Crippen molar-refractivity contribution in [1.82, 2.24) is 9.80 Å². The standard InChI is InChI=1S/C16H32N2S2/c1-6-20-13-14(2)18-12-11-17(15(18)19)10-8-7-9-16(3,4)5/h14H,6-13H2,1-5H3. The molecule has 0 N–H and O–H groups in total. The highest BCUT2D eigenvalue weighted by Gasteiger charge is 2.27. The third-order valence-electron chi connectivity index (χ3n) is 3.83. The molecule has 1 atom stereocenters. The van der Waals surface area contributed by atoms with Crippen molar-refractivity contribution in [3.63, 3.8) is 0 Å². The Labute approximate surface area is 135 Å². The monoisotopic (exact) mass is 316 g/mol. The maximum absolute atomic E-state index is 5.65. The molecule has 2 nitrogen and oxygen atoms in total. The molecule has 1 fully saturated rings. The number of nitrogens with zero attached hydrogens (tertiary/aromatic N) is 2. The van der Waals surface area contributed by atoms with Gasteiger partial charge in [-0.05, 0) is 43.2 Å². The van der Waals surface area contributed by atoms with Crippen molar-refractivity contribution >= 4 is 29.1 Å². The number of unbranched alkanes of at least 4 members (excludes halogenated alkanes) is 1. The zero-order chi connectivity index (χ0) is 15.2. The number of rotatable bonds is 8. The Bertz CT molecular complexity index is 299. The lowest BCUT2D eigenvalue weighted by Gasteiger charge is -2.27. The third-order valence-corrected chi connectivity index (χ3v) is 5.45. The summed E-state index contributed by atoms with van der Waals surface area (Å²) < 4.78 is 0. The van der Waals surface area contributed by atoms with Crippen molar-refractivity contribution in [2.75, 3.05) is 31.1 Å². The quantitative estimate of drug-likeness (QED) is 0.488. The van der Waals surface area contributed by atoms with E-state index in [1.165, 1.54) is 30.8 Å². The van der Waals surface area contributed by atoms with E-state index in [1.807, 2.05) is 11.8 Å². The minimum absolute atomic E-state index is 0.462. The predicted molar refractivity (Wildman–Crippen MR) is 96.6 cm³/mol. The molecule has 0 amide bonds. The van der Waals surface area contributed by atoms with Gasteiger partial charge < -0.3 is 9.80 Å². The zero-order valence-corrected chi connectivity index (χ0v) is 15.6. The number of hydrogen-bond acceptors (Lipinski definition) is 2. The Balaban J connectivity index is 2.27. The van der Waals surface area contributed by atoms with E-state index in [4.69, 9.17) is 12.2 Å². The molecule has 1 unspecified atom stereocenters. The van der Waals surface area contributed by atoms with E-state index < -0.39 is 0 Å². The van der Waals surface area contributed by atoms with Crippen LogP contribution in [-0.4, -0.2) is 52.1 Å². The number of thiocarbonyl (C=S) groups is 1. The molecule has 0 saturated carbocycles. The maximum Gasteiger partial charge on any atom is 0.171 e. The second-order valence-electron chi connectivity index (χ2n) is 6.99. The first-order valence-corrected chi connectivity index (χ1v) is 9.54. The van der Waals surface area contributed by atoms with E-state index in [9.17, 15) is 0 Å². The molecular formula is C16H32N2S2. The molecule has 1 aliphatic rings. The summed E-state index contributed by atoms with van der Waals surface area (Å²) in [4.78, 5) is 4.83. The van der Waals surface area contributed by atoms with Gasteiger partial charge in [-0.2, -0.15) is 11.8 Å². The summed E-state index contributed by atoms with van der Waals surface area (Å²) in [6, 6.07) is 0.576. The van der Waals surface area contributed by atoms with Crippen LogP contribution < -0.4 is 0 Å². The first kappa shape index (κ1) is 18.1. The van der Waals surface area contributed by atoms with Gasteiger partial charge >= 0.3 is 0 Å². The molecule has 1 saturated heterocycles. The lowest BCUT2D eigenvalue weighted by Crippen LogP contribution is -2.39. The molecule has 1 rings (SSSR count). The van der Waals surface area contributed by atoms with Crippen molar-refractivity contribution in [2.24, 2.45) is 5.41 Å².